The standard InChI is InChI=1S/C21H35N5.2C2H4O2.Mn/c1-3-10-20-18(8-1)22-12-13-23-19-9-2-4-11-21(19)25-15-17-7-5-6-16(26-17)14-24-20;2*1-2(3)4;/h5-7,18-25H,1-4,8-15H2;2*1H3,(H,3,4);/t18-,19?,20-,21-;;;/m1.../s1. The number of carboxylic acid groups (broad SMARTS) is 2. The van der Waals surface area contributed by atoms with Gasteiger partial charge < -0.3 is 31.5 Å². The van der Waals surface area contributed by atoms with E-state index in [1.165, 1.54) is 62.8 Å². The first-order valence-electron chi connectivity index (χ1n) is 12.6. The SMILES string of the molecule is CC(=O)O.CC(=O)O.[Mn].c1cc2nc(c1)CN[C@@H]1CCCC[C@H]1NCCNC1CCCC[C@H]1NC2. The van der Waals surface area contributed by atoms with E-state index in [0.717, 1.165) is 40.0 Å². The van der Waals surface area contributed by atoms with Crippen LogP contribution in [-0.4, -0.2) is 64.4 Å². The molecule has 0 saturated heterocycles. The van der Waals surface area contributed by atoms with Gasteiger partial charge in [0, 0.05) is 81.3 Å². The van der Waals surface area contributed by atoms with Gasteiger partial charge >= 0.3 is 0 Å². The molecule has 2 heterocycles. The average molecular weight is 533 g/mol. The number of carbonyl (C=O) groups is 2. The van der Waals surface area contributed by atoms with E-state index in [9.17, 15) is 0 Å². The van der Waals surface area contributed by atoms with Gasteiger partial charge in [-0.3, -0.25) is 14.6 Å². The summed E-state index contributed by atoms with van der Waals surface area (Å²) >= 11 is 0. The smallest absolute Gasteiger partial charge is 0.300 e. The number of hydrogen-bond acceptors (Lipinski definition) is 7. The first kappa shape index (κ1) is 31.5. The Hall–Kier alpha value is -1.55. The van der Waals surface area contributed by atoms with Crippen molar-refractivity contribution < 1.29 is 36.9 Å². The molecular weight excluding hydrogens is 489 g/mol. The van der Waals surface area contributed by atoms with E-state index in [2.05, 4.69) is 39.5 Å². The number of carboxylic acids is 2. The Morgan fingerprint density at radius 2 is 1.03 bits per heavy atom. The molecule has 2 aliphatic carbocycles. The summed E-state index contributed by atoms with van der Waals surface area (Å²) in [4.78, 5) is 22.9. The van der Waals surface area contributed by atoms with Gasteiger partial charge in [-0.15, -0.1) is 0 Å². The zero-order valence-corrected chi connectivity index (χ0v) is 22.2. The first-order chi connectivity index (χ1) is 16.3. The van der Waals surface area contributed by atoms with E-state index < -0.39 is 11.9 Å². The Balaban J connectivity index is 0.000000598. The summed E-state index contributed by atoms with van der Waals surface area (Å²) in [5, 5.41) is 30.1. The monoisotopic (exact) mass is 532 g/mol. The topological polar surface area (TPSA) is 136 Å². The third-order valence-electron chi connectivity index (χ3n) is 6.43. The third-order valence-corrected chi connectivity index (χ3v) is 6.43. The van der Waals surface area contributed by atoms with Gasteiger partial charge in [0.2, 0.25) is 0 Å². The van der Waals surface area contributed by atoms with Crippen molar-refractivity contribution in [3.05, 3.63) is 29.6 Å². The van der Waals surface area contributed by atoms with E-state index in [4.69, 9.17) is 24.8 Å². The van der Waals surface area contributed by atoms with Crippen LogP contribution < -0.4 is 21.3 Å². The van der Waals surface area contributed by atoms with Crippen LogP contribution in [0, 0.1) is 0 Å². The molecular formula is C25H43MnN5O4. The molecule has 1 aromatic heterocycles. The fourth-order valence-corrected chi connectivity index (χ4v) is 4.95. The molecule has 4 atom stereocenters. The summed E-state index contributed by atoms with van der Waals surface area (Å²) in [6, 6.07) is 8.81. The molecule has 10 heteroatoms. The minimum absolute atomic E-state index is 0. The summed E-state index contributed by atoms with van der Waals surface area (Å²) in [6.07, 6.45) is 10.5. The van der Waals surface area contributed by atoms with Crippen molar-refractivity contribution in [2.75, 3.05) is 13.1 Å². The quantitative estimate of drug-likeness (QED) is 0.278. The number of pyridine rings is 1. The molecule has 1 radical (unpaired) electrons. The summed E-state index contributed by atoms with van der Waals surface area (Å²) in [5.74, 6) is -1.67. The molecule has 0 aromatic carbocycles. The molecule has 2 fully saturated rings. The van der Waals surface area contributed by atoms with Crippen molar-refractivity contribution in [1.82, 2.24) is 26.3 Å². The van der Waals surface area contributed by atoms with E-state index in [-0.39, 0.29) is 17.1 Å². The van der Waals surface area contributed by atoms with E-state index in [1.54, 1.807) is 0 Å². The first-order valence-corrected chi connectivity index (χ1v) is 12.6. The third kappa shape index (κ3) is 13.4. The minimum Gasteiger partial charge on any atom is -0.481 e. The second-order valence-corrected chi connectivity index (χ2v) is 9.32. The van der Waals surface area contributed by atoms with Crippen LogP contribution in [-0.2, 0) is 39.7 Å². The Morgan fingerprint density at radius 1 is 0.714 bits per heavy atom. The molecule has 0 amide bonds. The van der Waals surface area contributed by atoms with Crippen LogP contribution in [0.3, 0.4) is 0 Å². The summed E-state index contributed by atoms with van der Waals surface area (Å²) in [6.45, 7) is 6.05. The van der Waals surface area contributed by atoms with Crippen LogP contribution >= 0.6 is 0 Å². The Bertz CT molecular complexity index is 689. The van der Waals surface area contributed by atoms with Crippen molar-refractivity contribution in [2.45, 2.75) is 102 Å². The second-order valence-electron chi connectivity index (χ2n) is 9.32. The minimum atomic E-state index is -0.833. The number of nitrogens with one attached hydrogen (secondary N) is 4. The molecule has 1 unspecified atom stereocenters. The van der Waals surface area contributed by atoms with Gasteiger partial charge in [-0.25, -0.2) is 0 Å². The molecule has 3 aliphatic rings. The number of rotatable bonds is 0. The molecule has 2 saturated carbocycles. The fourth-order valence-electron chi connectivity index (χ4n) is 4.95. The summed E-state index contributed by atoms with van der Waals surface area (Å²) in [7, 11) is 0. The summed E-state index contributed by atoms with van der Waals surface area (Å²) in [5.41, 5.74) is 2.34. The maximum atomic E-state index is 9.00. The Labute approximate surface area is 220 Å². The Kier molecular flexibility index (Phi) is 16.0. The molecule has 1 aromatic rings. The Morgan fingerprint density at radius 3 is 1.37 bits per heavy atom. The van der Waals surface area contributed by atoms with Gasteiger partial charge in [-0.05, 0) is 37.8 Å². The fraction of sp³-hybridized carbons (Fsp3) is 0.720. The van der Waals surface area contributed by atoms with Gasteiger partial charge in [0.1, 0.15) is 0 Å². The van der Waals surface area contributed by atoms with Crippen LogP contribution in [0.2, 0.25) is 0 Å². The maximum absolute atomic E-state index is 9.00. The number of hydrogen-bond donors (Lipinski definition) is 6. The zero-order valence-electron chi connectivity index (χ0n) is 21.1. The van der Waals surface area contributed by atoms with Gasteiger partial charge in [0.25, 0.3) is 11.9 Å². The molecule has 2 bridgehead atoms. The van der Waals surface area contributed by atoms with Crippen molar-refractivity contribution >= 4 is 11.9 Å². The number of aliphatic carboxylic acids is 2. The van der Waals surface area contributed by atoms with Crippen LogP contribution in [0.1, 0.15) is 76.6 Å². The molecule has 6 N–H and O–H groups in total. The van der Waals surface area contributed by atoms with Crippen molar-refractivity contribution in [3.63, 3.8) is 0 Å². The predicted molar refractivity (Wildman–Crippen MR) is 133 cm³/mol. The number of fused-ring (bicyclic) bond motifs is 4. The van der Waals surface area contributed by atoms with E-state index >= 15 is 0 Å². The van der Waals surface area contributed by atoms with Crippen LogP contribution in [0.4, 0.5) is 0 Å². The second kappa shape index (κ2) is 17.8. The van der Waals surface area contributed by atoms with Crippen LogP contribution in [0.15, 0.2) is 18.2 Å². The zero-order chi connectivity index (χ0) is 24.8. The van der Waals surface area contributed by atoms with Crippen molar-refractivity contribution in [3.8, 4) is 0 Å². The molecule has 9 nitrogen and oxygen atoms in total. The predicted octanol–water partition coefficient (Wildman–Crippen LogP) is 2.26. The van der Waals surface area contributed by atoms with Gasteiger partial charge in [-0.2, -0.15) is 0 Å². The van der Waals surface area contributed by atoms with Crippen LogP contribution in [0.25, 0.3) is 0 Å². The average Bonchev–Trinajstić information content (AvgIpc) is 2.80. The summed E-state index contributed by atoms with van der Waals surface area (Å²) < 4.78 is 0. The van der Waals surface area contributed by atoms with Crippen molar-refractivity contribution in [2.24, 2.45) is 0 Å². The number of nitrogens with zero attached hydrogens (tertiary/aromatic N) is 1. The molecule has 4 rings (SSSR count). The van der Waals surface area contributed by atoms with Gasteiger partial charge in [-0.1, -0.05) is 31.7 Å². The molecule has 0 spiro atoms. The van der Waals surface area contributed by atoms with Crippen molar-refractivity contribution in [1.29, 1.82) is 0 Å². The molecule has 1 aliphatic heterocycles. The molecule has 199 valence electrons. The van der Waals surface area contributed by atoms with E-state index in [0.29, 0.717) is 24.2 Å². The maximum Gasteiger partial charge on any atom is 0.300 e. The van der Waals surface area contributed by atoms with Gasteiger partial charge in [0.05, 0.1) is 11.4 Å². The normalized spacial score (nSPS) is 26.7. The van der Waals surface area contributed by atoms with Crippen LogP contribution in [0.5, 0.6) is 0 Å². The largest absolute Gasteiger partial charge is 0.481 e. The van der Waals surface area contributed by atoms with E-state index in [1.807, 2.05) is 0 Å². The van der Waals surface area contributed by atoms with Gasteiger partial charge in [0.15, 0.2) is 0 Å². The molecule has 35 heavy (non-hydrogen) atoms. The number of aromatic nitrogens is 1.